The fraction of sp³-hybridized carbons (Fsp3) is 0.211. The van der Waals surface area contributed by atoms with E-state index in [1.807, 2.05) is 38.1 Å². The fourth-order valence-electron chi connectivity index (χ4n) is 2.21. The summed E-state index contributed by atoms with van der Waals surface area (Å²) in [6.45, 7) is 4.59. The van der Waals surface area contributed by atoms with Crippen LogP contribution in [0.15, 0.2) is 42.5 Å². The first-order valence-corrected chi connectivity index (χ1v) is 7.87. The first kappa shape index (κ1) is 17.9. The number of hydrogen-bond donors (Lipinski definition) is 1. The summed E-state index contributed by atoms with van der Waals surface area (Å²) < 4.78 is 11.4. The van der Waals surface area contributed by atoms with Gasteiger partial charge in [0.05, 0.1) is 0 Å². The van der Waals surface area contributed by atoms with Gasteiger partial charge >= 0.3 is 5.97 Å². The minimum Gasteiger partial charge on any atom is -0.490 e. The van der Waals surface area contributed by atoms with Crippen molar-refractivity contribution in [3.63, 3.8) is 0 Å². The highest BCUT2D eigenvalue weighted by Gasteiger charge is 2.04. The van der Waals surface area contributed by atoms with Crippen molar-refractivity contribution in [1.82, 2.24) is 0 Å². The van der Waals surface area contributed by atoms with Crippen molar-refractivity contribution in [1.29, 1.82) is 0 Å². The van der Waals surface area contributed by atoms with Crippen LogP contribution < -0.4 is 9.47 Å². The predicted molar refractivity (Wildman–Crippen MR) is 95.0 cm³/mol. The molecule has 2 aromatic carbocycles. The lowest BCUT2D eigenvalue weighted by atomic mass is 10.1. The van der Waals surface area contributed by atoms with Gasteiger partial charge < -0.3 is 14.6 Å². The van der Waals surface area contributed by atoms with Crippen molar-refractivity contribution in [3.8, 4) is 11.5 Å². The smallest absolute Gasteiger partial charge is 0.328 e. The molecule has 0 bridgehead atoms. The summed E-state index contributed by atoms with van der Waals surface area (Å²) in [7, 11) is 0. The Kier molecular flexibility index (Phi) is 6.27. The van der Waals surface area contributed by atoms with E-state index in [9.17, 15) is 4.79 Å². The van der Waals surface area contributed by atoms with E-state index in [0.717, 1.165) is 28.0 Å². The van der Waals surface area contributed by atoms with Crippen LogP contribution in [0.4, 0.5) is 0 Å². The van der Waals surface area contributed by atoms with Crippen LogP contribution in [-0.2, 0) is 4.79 Å². The molecule has 0 saturated carbocycles. The zero-order chi connectivity index (χ0) is 17.5. The molecular weight excluding hydrogens is 328 g/mol. The third kappa shape index (κ3) is 5.03. The van der Waals surface area contributed by atoms with Crippen LogP contribution in [0, 0.1) is 13.8 Å². The van der Waals surface area contributed by atoms with E-state index in [-0.39, 0.29) is 0 Å². The standard InChI is InChI=1S/C19H19ClO4/c1-13-11-16(12-14(2)19(13)20)23-9-10-24-17-6-4-3-5-15(17)7-8-18(21)22/h3-8,11-12H,9-10H2,1-2H3,(H,21,22). The molecule has 0 radical (unpaired) electrons. The molecule has 0 aliphatic carbocycles. The average molecular weight is 347 g/mol. The molecule has 24 heavy (non-hydrogen) atoms. The number of aryl methyl sites for hydroxylation is 2. The molecule has 0 heterocycles. The number of carbonyl (C=O) groups is 1. The van der Waals surface area contributed by atoms with Crippen LogP contribution in [0.25, 0.3) is 6.08 Å². The van der Waals surface area contributed by atoms with Crippen molar-refractivity contribution in [3.05, 3.63) is 64.2 Å². The van der Waals surface area contributed by atoms with Gasteiger partial charge in [0.2, 0.25) is 0 Å². The first-order valence-electron chi connectivity index (χ1n) is 7.50. The molecule has 5 heteroatoms. The van der Waals surface area contributed by atoms with E-state index in [0.29, 0.717) is 24.5 Å². The summed E-state index contributed by atoms with van der Waals surface area (Å²) in [5, 5.41) is 9.46. The highest BCUT2D eigenvalue weighted by Crippen LogP contribution is 2.26. The summed E-state index contributed by atoms with van der Waals surface area (Å²) in [5.41, 5.74) is 2.64. The maximum absolute atomic E-state index is 10.6. The van der Waals surface area contributed by atoms with Crippen molar-refractivity contribution in [2.24, 2.45) is 0 Å². The van der Waals surface area contributed by atoms with Crippen LogP contribution in [0.2, 0.25) is 5.02 Å². The molecule has 0 aliphatic heterocycles. The van der Waals surface area contributed by atoms with Gasteiger partial charge in [-0.1, -0.05) is 29.8 Å². The number of ether oxygens (including phenoxy) is 2. The molecule has 0 saturated heterocycles. The number of carboxylic acids is 1. The maximum Gasteiger partial charge on any atom is 0.328 e. The summed E-state index contributed by atoms with van der Waals surface area (Å²) >= 11 is 6.13. The molecule has 0 spiro atoms. The lowest BCUT2D eigenvalue weighted by molar-refractivity contribution is -0.131. The van der Waals surface area contributed by atoms with E-state index in [4.69, 9.17) is 26.2 Å². The van der Waals surface area contributed by atoms with E-state index in [1.165, 1.54) is 6.08 Å². The van der Waals surface area contributed by atoms with Crippen molar-refractivity contribution in [2.45, 2.75) is 13.8 Å². The number of rotatable bonds is 7. The number of para-hydroxylation sites is 1. The van der Waals surface area contributed by atoms with E-state index >= 15 is 0 Å². The van der Waals surface area contributed by atoms with Gasteiger partial charge in [-0.25, -0.2) is 4.79 Å². The van der Waals surface area contributed by atoms with E-state index < -0.39 is 5.97 Å². The largest absolute Gasteiger partial charge is 0.490 e. The molecule has 0 aliphatic rings. The minimum atomic E-state index is -0.999. The van der Waals surface area contributed by atoms with E-state index in [1.54, 1.807) is 12.1 Å². The highest BCUT2D eigenvalue weighted by atomic mass is 35.5. The Hall–Kier alpha value is -2.46. The molecule has 2 aromatic rings. The zero-order valence-corrected chi connectivity index (χ0v) is 14.3. The lowest BCUT2D eigenvalue weighted by Gasteiger charge is -2.12. The van der Waals surface area contributed by atoms with Gasteiger partial charge in [0.25, 0.3) is 0 Å². The number of carboxylic acid groups (broad SMARTS) is 1. The Balaban J connectivity index is 1.92. The Bertz CT molecular complexity index is 730. The third-order valence-corrected chi connectivity index (χ3v) is 3.94. The van der Waals surface area contributed by atoms with Gasteiger partial charge in [0.1, 0.15) is 24.7 Å². The quantitative estimate of drug-likeness (QED) is 0.592. The second-order valence-corrected chi connectivity index (χ2v) is 5.66. The van der Waals surface area contributed by atoms with Gasteiger partial charge in [0.15, 0.2) is 0 Å². The lowest BCUT2D eigenvalue weighted by Crippen LogP contribution is -2.09. The predicted octanol–water partition coefficient (Wildman–Crippen LogP) is 4.51. The fourth-order valence-corrected chi connectivity index (χ4v) is 2.32. The van der Waals surface area contributed by atoms with Gasteiger partial charge in [-0.15, -0.1) is 0 Å². The normalized spacial score (nSPS) is 10.8. The number of halogens is 1. The first-order chi connectivity index (χ1) is 11.5. The second-order valence-electron chi connectivity index (χ2n) is 5.28. The van der Waals surface area contributed by atoms with Gasteiger partial charge in [-0.05, 0) is 49.2 Å². The van der Waals surface area contributed by atoms with E-state index in [2.05, 4.69) is 0 Å². The topological polar surface area (TPSA) is 55.8 Å². The summed E-state index contributed by atoms with van der Waals surface area (Å²) in [6.07, 6.45) is 2.59. The van der Waals surface area contributed by atoms with Gasteiger partial charge in [0, 0.05) is 16.7 Å². The number of benzene rings is 2. The molecular formula is C19H19ClO4. The summed E-state index contributed by atoms with van der Waals surface area (Å²) in [4.78, 5) is 10.6. The summed E-state index contributed by atoms with van der Waals surface area (Å²) in [6, 6.07) is 11.0. The molecule has 2 rings (SSSR count). The Morgan fingerprint density at radius 3 is 2.42 bits per heavy atom. The second kappa shape index (κ2) is 8.41. The Morgan fingerprint density at radius 1 is 1.12 bits per heavy atom. The van der Waals surface area contributed by atoms with Crippen LogP contribution in [0.5, 0.6) is 11.5 Å². The number of aliphatic carboxylic acids is 1. The van der Waals surface area contributed by atoms with Gasteiger partial charge in [-0.2, -0.15) is 0 Å². The van der Waals surface area contributed by atoms with Crippen LogP contribution >= 0.6 is 11.6 Å². The Morgan fingerprint density at radius 2 is 1.75 bits per heavy atom. The monoisotopic (exact) mass is 346 g/mol. The molecule has 0 aromatic heterocycles. The van der Waals surface area contributed by atoms with Crippen LogP contribution in [0.3, 0.4) is 0 Å². The maximum atomic E-state index is 10.6. The SMILES string of the molecule is Cc1cc(OCCOc2ccccc2C=CC(=O)O)cc(C)c1Cl. The molecule has 0 amide bonds. The molecule has 4 nitrogen and oxygen atoms in total. The molecule has 1 N–H and O–H groups in total. The minimum absolute atomic E-state index is 0.346. The van der Waals surface area contributed by atoms with Gasteiger partial charge in [-0.3, -0.25) is 0 Å². The zero-order valence-electron chi connectivity index (χ0n) is 13.6. The molecule has 0 atom stereocenters. The van der Waals surface area contributed by atoms with Crippen LogP contribution in [-0.4, -0.2) is 24.3 Å². The number of hydrogen-bond acceptors (Lipinski definition) is 3. The summed E-state index contributed by atoms with van der Waals surface area (Å²) in [5.74, 6) is 0.362. The van der Waals surface area contributed by atoms with Crippen LogP contribution in [0.1, 0.15) is 16.7 Å². The molecule has 0 unspecified atom stereocenters. The average Bonchev–Trinajstić information content (AvgIpc) is 2.55. The van der Waals surface area contributed by atoms with Crippen molar-refractivity contribution >= 4 is 23.6 Å². The third-order valence-electron chi connectivity index (χ3n) is 3.34. The van der Waals surface area contributed by atoms with Crippen molar-refractivity contribution < 1.29 is 19.4 Å². The molecule has 126 valence electrons. The Labute approximate surface area is 146 Å². The molecule has 0 fully saturated rings. The highest BCUT2D eigenvalue weighted by molar-refractivity contribution is 6.32. The van der Waals surface area contributed by atoms with Crippen molar-refractivity contribution in [2.75, 3.05) is 13.2 Å².